The van der Waals surface area contributed by atoms with Crippen molar-refractivity contribution >= 4 is 21.6 Å². The maximum Gasteiger partial charge on any atom is 0.250 e. The van der Waals surface area contributed by atoms with Crippen LogP contribution in [0, 0.1) is 0 Å². The topological polar surface area (TPSA) is 111 Å². The predicted octanol–water partition coefficient (Wildman–Crippen LogP) is 0.0411. The second kappa shape index (κ2) is 6.99. The summed E-state index contributed by atoms with van der Waals surface area (Å²) in [5.41, 5.74) is 5.76. The smallest absolute Gasteiger partial charge is 0.250 e. The molecule has 1 amide bonds. The van der Waals surface area contributed by atoms with Crippen molar-refractivity contribution in [2.24, 2.45) is 5.73 Å². The third-order valence-corrected chi connectivity index (χ3v) is 4.38. The molecule has 0 atom stereocenters. The monoisotopic (exact) mass is 313 g/mol. The van der Waals surface area contributed by atoms with Crippen LogP contribution in [0.1, 0.15) is 12.8 Å². The standard InChI is InChI=1S/C13H19N3O4S/c14-7-8-20-9-13(17)15-10-3-5-12(6-4-10)21(18,19)16-11-1-2-11/h3-6,11,16H,1-2,7-9,14H2,(H,15,17). The molecule has 1 aliphatic rings. The van der Waals surface area contributed by atoms with Crippen LogP contribution in [0.3, 0.4) is 0 Å². The molecule has 116 valence electrons. The summed E-state index contributed by atoms with van der Waals surface area (Å²) in [6.07, 6.45) is 1.77. The van der Waals surface area contributed by atoms with Crippen molar-refractivity contribution < 1.29 is 17.9 Å². The molecule has 1 saturated carbocycles. The van der Waals surface area contributed by atoms with Gasteiger partial charge in [0.25, 0.3) is 0 Å². The van der Waals surface area contributed by atoms with Crippen LogP contribution in [0.25, 0.3) is 0 Å². The first-order valence-corrected chi connectivity index (χ1v) is 8.19. The number of ether oxygens (including phenoxy) is 1. The fourth-order valence-electron chi connectivity index (χ4n) is 1.65. The van der Waals surface area contributed by atoms with Crippen molar-refractivity contribution in [1.29, 1.82) is 0 Å². The zero-order valence-corrected chi connectivity index (χ0v) is 12.4. The van der Waals surface area contributed by atoms with Gasteiger partial charge in [0.1, 0.15) is 6.61 Å². The van der Waals surface area contributed by atoms with Crippen molar-refractivity contribution in [3.8, 4) is 0 Å². The summed E-state index contributed by atoms with van der Waals surface area (Å²) in [4.78, 5) is 11.7. The van der Waals surface area contributed by atoms with E-state index in [-0.39, 0.29) is 23.5 Å². The van der Waals surface area contributed by atoms with Crippen LogP contribution < -0.4 is 15.8 Å². The van der Waals surface area contributed by atoms with Gasteiger partial charge in [0.15, 0.2) is 0 Å². The molecular formula is C13H19N3O4S. The number of sulfonamides is 1. The first kappa shape index (κ1) is 15.9. The van der Waals surface area contributed by atoms with Crippen LogP contribution >= 0.6 is 0 Å². The van der Waals surface area contributed by atoms with Gasteiger partial charge in [-0.3, -0.25) is 4.79 Å². The van der Waals surface area contributed by atoms with Crippen molar-refractivity contribution in [3.05, 3.63) is 24.3 Å². The van der Waals surface area contributed by atoms with E-state index in [9.17, 15) is 13.2 Å². The first-order valence-electron chi connectivity index (χ1n) is 6.71. The highest BCUT2D eigenvalue weighted by atomic mass is 32.2. The van der Waals surface area contributed by atoms with Crippen LogP contribution in [0.5, 0.6) is 0 Å². The molecule has 0 bridgehead atoms. The molecule has 1 aromatic carbocycles. The van der Waals surface area contributed by atoms with Gasteiger partial charge in [-0.1, -0.05) is 0 Å². The Morgan fingerprint density at radius 1 is 1.29 bits per heavy atom. The van der Waals surface area contributed by atoms with Crippen LogP contribution in [0.2, 0.25) is 0 Å². The normalized spacial score (nSPS) is 14.9. The van der Waals surface area contributed by atoms with E-state index in [0.717, 1.165) is 12.8 Å². The van der Waals surface area contributed by atoms with E-state index in [1.54, 1.807) is 12.1 Å². The average molecular weight is 313 g/mol. The minimum Gasteiger partial charge on any atom is -0.370 e. The highest BCUT2D eigenvalue weighted by Crippen LogP contribution is 2.22. The Hall–Kier alpha value is -1.48. The lowest BCUT2D eigenvalue weighted by molar-refractivity contribution is -0.120. The second-order valence-corrected chi connectivity index (χ2v) is 6.52. The molecule has 0 aromatic heterocycles. The number of nitrogens with two attached hydrogens (primary N) is 1. The summed E-state index contributed by atoms with van der Waals surface area (Å²) >= 11 is 0. The van der Waals surface area contributed by atoms with Crippen LogP contribution in [0.4, 0.5) is 5.69 Å². The highest BCUT2D eigenvalue weighted by molar-refractivity contribution is 7.89. The number of anilines is 1. The minimum absolute atomic E-state index is 0.0640. The zero-order chi connectivity index (χ0) is 15.3. The van der Waals surface area contributed by atoms with Gasteiger partial charge in [-0.05, 0) is 37.1 Å². The van der Waals surface area contributed by atoms with Gasteiger partial charge in [0, 0.05) is 18.3 Å². The largest absolute Gasteiger partial charge is 0.370 e. The molecule has 21 heavy (non-hydrogen) atoms. The predicted molar refractivity (Wildman–Crippen MR) is 78.3 cm³/mol. The summed E-state index contributed by atoms with van der Waals surface area (Å²) in [6, 6.07) is 6.07. The molecule has 7 nitrogen and oxygen atoms in total. The van der Waals surface area contributed by atoms with Gasteiger partial charge in [-0.15, -0.1) is 0 Å². The number of carbonyl (C=O) groups excluding carboxylic acids is 1. The molecule has 0 spiro atoms. The van der Waals surface area contributed by atoms with E-state index in [2.05, 4.69) is 10.0 Å². The molecule has 1 fully saturated rings. The summed E-state index contributed by atoms with van der Waals surface area (Å²) in [7, 11) is -3.46. The lowest BCUT2D eigenvalue weighted by Gasteiger charge is -2.08. The summed E-state index contributed by atoms with van der Waals surface area (Å²) < 4.78 is 31.5. The zero-order valence-electron chi connectivity index (χ0n) is 11.5. The minimum atomic E-state index is -3.46. The van der Waals surface area contributed by atoms with Crippen molar-refractivity contribution in [2.75, 3.05) is 25.1 Å². The first-order chi connectivity index (χ1) is 10.0. The van der Waals surface area contributed by atoms with Gasteiger partial charge >= 0.3 is 0 Å². The quantitative estimate of drug-likeness (QED) is 0.587. The molecule has 1 aromatic rings. The molecule has 4 N–H and O–H groups in total. The number of amides is 1. The maximum absolute atomic E-state index is 12.0. The number of hydrogen-bond acceptors (Lipinski definition) is 5. The average Bonchev–Trinajstić information content (AvgIpc) is 3.23. The molecule has 0 saturated heterocycles. The molecule has 2 rings (SSSR count). The molecule has 0 heterocycles. The van der Waals surface area contributed by atoms with E-state index in [1.807, 2.05) is 0 Å². The lowest BCUT2D eigenvalue weighted by Crippen LogP contribution is -2.25. The van der Waals surface area contributed by atoms with E-state index >= 15 is 0 Å². The van der Waals surface area contributed by atoms with Crippen molar-refractivity contribution in [1.82, 2.24) is 4.72 Å². The molecule has 8 heteroatoms. The third-order valence-electron chi connectivity index (χ3n) is 2.84. The van der Waals surface area contributed by atoms with Gasteiger partial charge in [0.2, 0.25) is 15.9 Å². The Bertz CT molecular complexity index is 582. The highest BCUT2D eigenvalue weighted by Gasteiger charge is 2.27. The van der Waals surface area contributed by atoms with E-state index in [4.69, 9.17) is 10.5 Å². The third kappa shape index (κ3) is 5.09. The Morgan fingerprint density at radius 2 is 1.95 bits per heavy atom. The number of hydrogen-bond donors (Lipinski definition) is 3. The van der Waals surface area contributed by atoms with E-state index in [0.29, 0.717) is 18.8 Å². The Labute approximate surface area is 123 Å². The molecule has 1 aliphatic carbocycles. The summed E-state index contributed by atoms with van der Waals surface area (Å²) in [5, 5.41) is 2.61. The van der Waals surface area contributed by atoms with Gasteiger partial charge in [0.05, 0.1) is 11.5 Å². The number of rotatable bonds is 8. The van der Waals surface area contributed by atoms with Gasteiger partial charge in [-0.2, -0.15) is 0 Å². The maximum atomic E-state index is 12.0. The molecule has 0 aliphatic heterocycles. The molecule has 0 radical (unpaired) electrons. The van der Waals surface area contributed by atoms with Crippen LogP contribution in [0.15, 0.2) is 29.2 Å². The van der Waals surface area contributed by atoms with Gasteiger partial charge in [-0.25, -0.2) is 13.1 Å². The van der Waals surface area contributed by atoms with Gasteiger partial charge < -0.3 is 15.8 Å². The van der Waals surface area contributed by atoms with E-state index < -0.39 is 10.0 Å². The fourth-order valence-corrected chi connectivity index (χ4v) is 2.96. The SMILES string of the molecule is NCCOCC(=O)Nc1ccc(S(=O)(=O)NC2CC2)cc1. The Kier molecular flexibility index (Phi) is 5.29. The van der Waals surface area contributed by atoms with E-state index in [1.165, 1.54) is 12.1 Å². The molecule has 0 unspecified atom stereocenters. The van der Waals surface area contributed by atoms with Crippen molar-refractivity contribution in [2.45, 2.75) is 23.8 Å². The summed E-state index contributed by atoms with van der Waals surface area (Å²) in [6.45, 7) is 0.589. The number of benzene rings is 1. The molecular weight excluding hydrogens is 294 g/mol. The van der Waals surface area contributed by atoms with Crippen molar-refractivity contribution in [3.63, 3.8) is 0 Å². The summed E-state index contributed by atoms with van der Waals surface area (Å²) in [5.74, 6) is -0.310. The Balaban J connectivity index is 1.90. The number of nitrogens with one attached hydrogen (secondary N) is 2. The number of carbonyl (C=O) groups is 1. The fraction of sp³-hybridized carbons (Fsp3) is 0.462. The van der Waals surface area contributed by atoms with Crippen LogP contribution in [-0.2, 0) is 19.6 Å². The second-order valence-electron chi connectivity index (χ2n) is 4.81. The van der Waals surface area contributed by atoms with Crippen LogP contribution in [-0.4, -0.2) is 40.1 Å². The Morgan fingerprint density at radius 3 is 2.52 bits per heavy atom. The lowest BCUT2D eigenvalue weighted by atomic mass is 10.3.